The van der Waals surface area contributed by atoms with Gasteiger partial charge in [0.05, 0.1) is 6.04 Å². The first-order valence-electron chi connectivity index (χ1n) is 7.21. The maximum Gasteiger partial charge on any atom is 0.420 e. The Bertz CT molecular complexity index is 562. The maximum atomic E-state index is 12.3. The molecule has 1 saturated heterocycles. The van der Waals surface area contributed by atoms with Crippen molar-refractivity contribution in [2.45, 2.75) is 44.9 Å². The highest BCUT2D eigenvalue weighted by Gasteiger charge is 2.45. The van der Waals surface area contributed by atoms with Crippen LogP contribution in [0.5, 0.6) is 0 Å². The largest absolute Gasteiger partial charge is 0.443 e. The van der Waals surface area contributed by atoms with Gasteiger partial charge in [-0.3, -0.25) is 0 Å². The molecule has 2 atom stereocenters. The van der Waals surface area contributed by atoms with Gasteiger partial charge in [-0.2, -0.15) is 0 Å². The number of amides is 2. The minimum Gasteiger partial charge on any atom is -0.443 e. The number of carbonyl (C=O) groups is 2. The summed E-state index contributed by atoms with van der Waals surface area (Å²) in [6, 6.07) is 9.16. The number of rotatable bonds is 3. The van der Waals surface area contributed by atoms with Crippen molar-refractivity contribution in [3.05, 3.63) is 48.6 Å². The lowest BCUT2D eigenvalue weighted by Gasteiger charge is -2.26. The Hall–Kier alpha value is -2.30. The number of benzene rings is 1. The molecule has 1 aliphatic rings. The van der Waals surface area contributed by atoms with E-state index in [1.807, 2.05) is 30.3 Å². The Morgan fingerprint density at radius 1 is 1.36 bits per heavy atom. The van der Waals surface area contributed by atoms with Crippen LogP contribution >= 0.6 is 0 Å². The van der Waals surface area contributed by atoms with E-state index in [9.17, 15) is 9.59 Å². The molecule has 2 rings (SSSR count). The van der Waals surface area contributed by atoms with E-state index < -0.39 is 29.9 Å². The van der Waals surface area contributed by atoms with Crippen LogP contribution < -0.4 is 0 Å². The van der Waals surface area contributed by atoms with Crippen molar-refractivity contribution in [2.75, 3.05) is 0 Å². The molecule has 5 heteroatoms. The van der Waals surface area contributed by atoms with Gasteiger partial charge < -0.3 is 9.47 Å². The SMILES string of the molecule is C=C[C@H]1OC(=O)N(C(=O)OC(C)(C)C)[C@H]1Cc1ccccc1. The van der Waals surface area contributed by atoms with Crippen LogP contribution in [-0.4, -0.2) is 34.8 Å². The van der Waals surface area contributed by atoms with Crippen LogP contribution in [0.2, 0.25) is 0 Å². The van der Waals surface area contributed by atoms with E-state index in [-0.39, 0.29) is 0 Å². The molecule has 0 radical (unpaired) electrons. The van der Waals surface area contributed by atoms with Crippen molar-refractivity contribution in [1.82, 2.24) is 4.90 Å². The van der Waals surface area contributed by atoms with Crippen LogP contribution in [0, 0.1) is 0 Å². The Balaban J connectivity index is 2.23. The van der Waals surface area contributed by atoms with Gasteiger partial charge in [0, 0.05) is 0 Å². The third-order valence-electron chi connectivity index (χ3n) is 3.25. The minimum absolute atomic E-state index is 0.456. The lowest BCUT2D eigenvalue weighted by atomic mass is 10.0. The van der Waals surface area contributed by atoms with E-state index in [1.165, 1.54) is 6.08 Å². The summed E-state index contributed by atoms with van der Waals surface area (Å²) in [6.45, 7) is 8.94. The maximum absolute atomic E-state index is 12.3. The summed E-state index contributed by atoms with van der Waals surface area (Å²) >= 11 is 0. The Labute approximate surface area is 130 Å². The van der Waals surface area contributed by atoms with Crippen molar-refractivity contribution in [3.63, 3.8) is 0 Å². The number of imide groups is 1. The quantitative estimate of drug-likeness (QED) is 0.801. The molecule has 0 bridgehead atoms. The molecule has 0 saturated carbocycles. The van der Waals surface area contributed by atoms with Crippen LogP contribution in [-0.2, 0) is 15.9 Å². The number of cyclic esters (lactones) is 1. The minimum atomic E-state index is -0.694. The molecule has 1 fully saturated rings. The zero-order valence-corrected chi connectivity index (χ0v) is 13.1. The number of hydrogen-bond acceptors (Lipinski definition) is 4. The van der Waals surface area contributed by atoms with Gasteiger partial charge in [0.2, 0.25) is 0 Å². The highest BCUT2D eigenvalue weighted by Crippen LogP contribution is 2.26. The smallest absolute Gasteiger partial charge is 0.420 e. The second-order valence-corrected chi connectivity index (χ2v) is 6.19. The fourth-order valence-corrected chi connectivity index (χ4v) is 2.32. The van der Waals surface area contributed by atoms with Crippen molar-refractivity contribution >= 4 is 12.2 Å². The van der Waals surface area contributed by atoms with Crippen LogP contribution in [0.15, 0.2) is 43.0 Å². The number of ether oxygens (including phenoxy) is 2. The molecule has 1 aromatic carbocycles. The van der Waals surface area contributed by atoms with E-state index in [2.05, 4.69) is 6.58 Å². The van der Waals surface area contributed by atoms with Gasteiger partial charge in [-0.25, -0.2) is 14.5 Å². The molecule has 5 nitrogen and oxygen atoms in total. The standard InChI is InChI=1S/C17H21NO4/c1-5-14-13(11-12-9-7-6-8-10-12)18(15(19)21-14)16(20)22-17(2,3)4/h5-10,13-14H,1,11H2,2-4H3/t13-,14+/m0/s1. The number of carbonyl (C=O) groups excluding carboxylic acids is 2. The predicted octanol–water partition coefficient (Wildman–Crippen LogP) is 3.54. The average molecular weight is 303 g/mol. The third kappa shape index (κ3) is 3.67. The molecule has 1 aromatic rings. The van der Waals surface area contributed by atoms with Gasteiger partial charge in [0.15, 0.2) is 0 Å². The zero-order chi connectivity index (χ0) is 16.3. The zero-order valence-electron chi connectivity index (χ0n) is 13.1. The molecular formula is C17H21NO4. The van der Waals surface area contributed by atoms with Crippen molar-refractivity contribution in [2.24, 2.45) is 0 Å². The average Bonchev–Trinajstić information content (AvgIpc) is 2.74. The van der Waals surface area contributed by atoms with Gasteiger partial charge in [-0.15, -0.1) is 0 Å². The molecule has 118 valence electrons. The van der Waals surface area contributed by atoms with Crippen LogP contribution in [0.1, 0.15) is 26.3 Å². The second kappa shape index (κ2) is 6.22. The normalized spacial score (nSPS) is 21.4. The van der Waals surface area contributed by atoms with E-state index in [4.69, 9.17) is 9.47 Å². The Kier molecular flexibility index (Phi) is 4.54. The van der Waals surface area contributed by atoms with E-state index >= 15 is 0 Å². The molecule has 22 heavy (non-hydrogen) atoms. The van der Waals surface area contributed by atoms with Crippen molar-refractivity contribution in [3.8, 4) is 0 Å². The van der Waals surface area contributed by atoms with E-state index in [1.54, 1.807) is 20.8 Å². The second-order valence-electron chi connectivity index (χ2n) is 6.19. The van der Waals surface area contributed by atoms with Gasteiger partial charge in [0.1, 0.15) is 11.7 Å². The topological polar surface area (TPSA) is 55.8 Å². The first-order valence-corrected chi connectivity index (χ1v) is 7.21. The lowest BCUT2D eigenvalue weighted by Crippen LogP contribution is -2.44. The predicted molar refractivity (Wildman–Crippen MR) is 82.5 cm³/mol. The molecule has 1 aliphatic heterocycles. The first-order chi connectivity index (χ1) is 10.3. The van der Waals surface area contributed by atoms with E-state index in [0.717, 1.165) is 10.5 Å². The molecule has 0 unspecified atom stereocenters. The third-order valence-corrected chi connectivity index (χ3v) is 3.25. The molecular weight excluding hydrogens is 282 g/mol. The highest BCUT2D eigenvalue weighted by molar-refractivity contribution is 5.90. The monoisotopic (exact) mass is 303 g/mol. The summed E-state index contributed by atoms with van der Waals surface area (Å²) in [5.41, 5.74) is 0.326. The molecule has 0 N–H and O–H groups in total. The van der Waals surface area contributed by atoms with Crippen molar-refractivity contribution in [1.29, 1.82) is 0 Å². The van der Waals surface area contributed by atoms with Gasteiger partial charge in [-0.05, 0) is 38.8 Å². The molecule has 1 heterocycles. The summed E-state index contributed by atoms with van der Waals surface area (Å²) < 4.78 is 10.5. The van der Waals surface area contributed by atoms with E-state index in [0.29, 0.717) is 6.42 Å². The number of hydrogen-bond donors (Lipinski definition) is 0. The van der Waals surface area contributed by atoms with Gasteiger partial charge >= 0.3 is 12.2 Å². The first kappa shape index (κ1) is 16.1. The fraction of sp³-hybridized carbons (Fsp3) is 0.412. The number of nitrogens with zero attached hydrogens (tertiary/aromatic N) is 1. The Morgan fingerprint density at radius 3 is 2.55 bits per heavy atom. The Morgan fingerprint density at radius 2 is 2.00 bits per heavy atom. The van der Waals surface area contributed by atoms with Crippen LogP contribution in [0.4, 0.5) is 9.59 Å². The lowest BCUT2D eigenvalue weighted by molar-refractivity contribution is 0.0289. The van der Waals surface area contributed by atoms with Crippen molar-refractivity contribution < 1.29 is 19.1 Å². The summed E-state index contributed by atoms with van der Waals surface area (Å²) in [4.78, 5) is 25.4. The molecule has 0 spiro atoms. The molecule has 0 aromatic heterocycles. The molecule has 2 amide bonds. The fourth-order valence-electron chi connectivity index (χ4n) is 2.32. The van der Waals surface area contributed by atoms with Gasteiger partial charge in [-0.1, -0.05) is 36.9 Å². The van der Waals surface area contributed by atoms with Gasteiger partial charge in [0.25, 0.3) is 0 Å². The summed E-state index contributed by atoms with van der Waals surface area (Å²) in [7, 11) is 0. The summed E-state index contributed by atoms with van der Waals surface area (Å²) in [5, 5.41) is 0. The molecule has 0 aliphatic carbocycles. The van der Waals surface area contributed by atoms with Crippen LogP contribution in [0.3, 0.4) is 0 Å². The van der Waals surface area contributed by atoms with Crippen LogP contribution in [0.25, 0.3) is 0 Å². The highest BCUT2D eigenvalue weighted by atomic mass is 16.6. The summed E-state index contributed by atoms with van der Waals surface area (Å²) in [6.07, 6.45) is 0.0985. The summed E-state index contributed by atoms with van der Waals surface area (Å²) in [5.74, 6) is 0.